The molecule has 1 aliphatic heterocycles. The van der Waals surface area contributed by atoms with Crippen LogP contribution in [0.25, 0.3) is 10.9 Å². The molecule has 30 heavy (non-hydrogen) atoms. The molecule has 1 saturated heterocycles. The van der Waals surface area contributed by atoms with E-state index in [2.05, 4.69) is 36.1 Å². The Morgan fingerprint density at radius 2 is 2.07 bits per heavy atom. The van der Waals surface area contributed by atoms with Gasteiger partial charge in [-0.3, -0.25) is 9.51 Å². The minimum absolute atomic E-state index is 0.114. The van der Waals surface area contributed by atoms with E-state index < -0.39 is 17.3 Å². The van der Waals surface area contributed by atoms with E-state index in [1.165, 1.54) is 5.56 Å². The van der Waals surface area contributed by atoms with E-state index >= 15 is 0 Å². The second kappa shape index (κ2) is 6.31. The first-order chi connectivity index (χ1) is 14.2. The number of carboxylic acid groups (broad SMARTS) is 1. The molecule has 2 aliphatic rings. The summed E-state index contributed by atoms with van der Waals surface area (Å²) in [5, 5.41) is 14.7. The summed E-state index contributed by atoms with van der Waals surface area (Å²) in [5.74, 6) is -0.792. The molecule has 3 aromatic rings. The number of aromatic nitrogens is 3. The van der Waals surface area contributed by atoms with Crippen LogP contribution in [0.15, 0.2) is 33.6 Å². The Kier molecular flexibility index (Phi) is 4.02. The van der Waals surface area contributed by atoms with Crippen molar-refractivity contribution in [1.82, 2.24) is 14.7 Å². The molecule has 1 aromatic carbocycles. The molecule has 0 unspecified atom stereocenters. The van der Waals surface area contributed by atoms with Gasteiger partial charge in [-0.2, -0.15) is 0 Å². The number of rotatable bonds is 4. The lowest BCUT2D eigenvalue weighted by Crippen LogP contribution is -2.32. The van der Waals surface area contributed by atoms with Gasteiger partial charge in [-0.05, 0) is 68.7 Å². The zero-order chi connectivity index (χ0) is 21.3. The van der Waals surface area contributed by atoms with E-state index in [0.29, 0.717) is 18.2 Å². The monoisotopic (exact) mass is 411 g/mol. The highest BCUT2D eigenvalue weighted by Gasteiger charge is 2.59. The molecule has 8 nitrogen and oxygen atoms in total. The second-order valence-electron chi connectivity index (χ2n) is 9.26. The molecule has 3 atom stereocenters. The first kappa shape index (κ1) is 19.1. The van der Waals surface area contributed by atoms with Crippen LogP contribution < -0.4 is 5.76 Å². The Hall–Kier alpha value is -2.87. The van der Waals surface area contributed by atoms with E-state index in [9.17, 15) is 14.7 Å². The molecule has 2 fully saturated rings. The predicted molar refractivity (Wildman–Crippen MR) is 109 cm³/mol. The minimum Gasteiger partial charge on any atom is -0.477 e. The summed E-state index contributed by atoms with van der Waals surface area (Å²) in [6.07, 6.45) is 2.55. The summed E-state index contributed by atoms with van der Waals surface area (Å²) in [7, 11) is 0. The van der Waals surface area contributed by atoms with Gasteiger partial charge in [-0.1, -0.05) is 18.1 Å². The maximum Gasteiger partial charge on any atom is 0.438 e. The van der Waals surface area contributed by atoms with E-state index in [1.807, 2.05) is 13.0 Å². The number of aromatic carboxylic acids is 1. The van der Waals surface area contributed by atoms with Crippen LogP contribution in [0, 0.1) is 5.92 Å². The van der Waals surface area contributed by atoms with Crippen molar-refractivity contribution in [2.45, 2.75) is 57.1 Å². The van der Waals surface area contributed by atoms with Crippen molar-refractivity contribution in [1.29, 1.82) is 0 Å². The third kappa shape index (κ3) is 2.81. The minimum atomic E-state index is -1.01. The van der Waals surface area contributed by atoms with Gasteiger partial charge < -0.3 is 14.4 Å². The molecule has 0 spiro atoms. The molecule has 2 aromatic heterocycles. The zero-order valence-corrected chi connectivity index (χ0v) is 17.3. The van der Waals surface area contributed by atoms with Crippen LogP contribution in [-0.2, 0) is 10.3 Å². The molecule has 0 amide bonds. The van der Waals surface area contributed by atoms with Gasteiger partial charge >= 0.3 is 11.7 Å². The highest BCUT2D eigenvalue weighted by Crippen LogP contribution is 2.55. The van der Waals surface area contributed by atoms with Crippen molar-refractivity contribution < 1.29 is 19.2 Å². The third-order valence-electron chi connectivity index (χ3n) is 6.74. The van der Waals surface area contributed by atoms with Crippen molar-refractivity contribution in [2.75, 3.05) is 6.61 Å². The highest BCUT2D eigenvalue weighted by molar-refractivity contribution is 5.95. The van der Waals surface area contributed by atoms with Gasteiger partial charge in [0.15, 0.2) is 5.82 Å². The summed E-state index contributed by atoms with van der Waals surface area (Å²) in [4.78, 5) is 26.3. The number of benzene rings is 1. The van der Waals surface area contributed by atoms with E-state index in [-0.39, 0.29) is 17.2 Å². The maximum atomic E-state index is 12.1. The van der Waals surface area contributed by atoms with Crippen molar-refractivity contribution in [3.05, 3.63) is 51.9 Å². The van der Waals surface area contributed by atoms with Gasteiger partial charge in [0.2, 0.25) is 0 Å². The number of aromatic amines is 1. The number of carboxylic acids is 1. The fourth-order valence-corrected chi connectivity index (χ4v) is 5.16. The Morgan fingerprint density at radius 1 is 1.30 bits per heavy atom. The number of hydrogen-bond donors (Lipinski definition) is 2. The molecule has 158 valence electrons. The quantitative estimate of drug-likeness (QED) is 0.680. The van der Waals surface area contributed by atoms with E-state index in [1.54, 1.807) is 10.6 Å². The lowest BCUT2D eigenvalue weighted by molar-refractivity contribution is -0.0592. The van der Waals surface area contributed by atoms with Gasteiger partial charge in [0.1, 0.15) is 11.2 Å². The fraction of sp³-hybridized carbons (Fsp3) is 0.500. The summed E-state index contributed by atoms with van der Waals surface area (Å²) < 4.78 is 12.4. The van der Waals surface area contributed by atoms with Crippen molar-refractivity contribution in [3.63, 3.8) is 0 Å². The van der Waals surface area contributed by atoms with Gasteiger partial charge in [0, 0.05) is 17.5 Å². The van der Waals surface area contributed by atoms with Gasteiger partial charge in [0.25, 0.3) is 0 Å². The SMILES string of the molecule is C[C@H]1C[C@@]1(c1noc(=O)[nH]1)n1c(C(=O)O)cc2cc([C@H]3CCOC(C)(C)C3)ccc21. The molecule has 1 aliphatic carbocycles. The number of nitrogens with zero attached hydrogens (tertiary/aromatic N) is 2. The fourth-order valence-electron chi connectivity index (χ4n) is 5.16. The van der Waals surface area contributed by atoms with E-state index in [4.69, 9.17) is 9.26 Å². The van der Waals surface area contributed by atoms with Crippen LogP contribution in [0.3, 0.4) is 0 Å². The maximum absolute atomic E-state index is 12.1. The first-order valence-corrected chi connectivity index (χ1v) is 10.3. The van der Waals surface area contributed by atoms with Gasteiger partial charge in [-0.25, -0.2) is 9.59 Å². The van der Waals surface area contributed by atoms with Crippen LogP contribution in [-0.4, -0.2) is 38.0 Å². The van der Waals surface area contributed by atoms with Crippen LogP contribution in [0.5, 0.6) is 0 Å². The molecule has 8 heteroatoms. The average molecular weight is 411 g/mol. The van der Waals surface area contributed by atoms with Crippen LogP contribution in [0.2, 0.25) is 0 Å². The van der Waals surface area contributed by atoms with Crippen LogP contribution in [0.4, 0.5) is 0 Å². The lowest BCUT2D eigenvalue weighted by atomic mass is 9.83. The smallest absolute Gasteiger partial charge is 0.438 e. The molecule has 5 rings (SSSR count). The third-order valence-corrected chi connectivity index (χ3v) is 6.74. The first-order valence-electron chi connectivity index (χ1n) is 10.3. The Balaban J connectivity index is 1.65. The second-order valence-corrected chi connectivity index (χ2v) is 9.26. The topological polar surface area (TPSA) is 110 Å². The highest BCUT2D eigenvalue weighted by atomic mass is 16.5. The Labute approximate surface area is 172 Å². The zero-order valence-electron chi connectivity index (χ0n) is 17.3. The van der Waals surface area contributed by atoms with Crippen LogP contribution >= 0.6 is 0 Å². The van der Waals surface area contributed by atoms with Crippen molar-refractivity contribution >= 4 is 16.9 Å². The van der Waals surface area contributed by atoms with Crippen LogP contribution in [0.1, 0.15) is 67.8 Å². The molecule has 1 saturated carbocycles. The molecule has 0 bridgehead atoms. The standard InChI is InChI=1S/C22H25N3O5/c1-12-10-22(12,19-23-20(28)30-24-19)25-16-5-4-13(8-15(16)9-17(25)18(26)27)14-6-7-29-21(2,3)11-14/h4-5,8-9,12,14H,6-7,10-11H2,1-3H3,(H,26,27)(H,23,24,28)/t12-,14-,22+/m0/s1. The lowest BCUT2D eigenvalue weighted by Gasteiger charge is -2.35. The molecular formula is C22H25N3O5. The molecule has 3 heterocycles. The van der Waals surface area contributed by atoms with Gasteiger partial charge in [0.05, 0.1) is 5.60 Å². The average Bonchev–Trinajstić information content (AvgIpc) is 3.03. The summed E-state index contributed by atoms with van der Waals surface area (Å²) in [6, 6.07) is 7.89. The number of fused-ring (bicyclic) bond motifs is 1. The van der Waals surface area contributed by atoms with Crippen molar-refractivity contribution in [2.24, 2.45) is 5.92 Å². The number of ether oxygens (including phenoxy) is 1. The number of H-pyrrole nitrogens is 1. The van der Waals surface area contributed by atoms with Crippen molar-refractivity contribution in [3.8, 4) is 0 Å². The summed E-state index contributed by atoms with van der Waals surface area (Å²) in [6.45, 7) is 6.95. The molecular weight excluding hydrogens is 386 g/mol. The Morgan fingerprint density at radius 3 is 2.67 bits per heavy atom. The molecule has 2 N–H and O–H groups in total. The summed E-state index contributed by atoms with van der Waals surface area (Å²) >= 11 is 0. The Bertz CT molecular complexity index is 1200. The number of carbonyl (C=O) groups is 1. The summed E-state index contributed by atoms with van der Waals surface area (Å²) in [5.41, 5.74) is 1.31. The van der Waals surface area contributed by atoms with Gasteiger partial charge in [-0.15, -0.1) is 0 Å². The molecule has 0 radical (unpaired) electrons. The van der Waals surface area contributed by atoms with E-state index in [0.717, 1.165) is 30.4 Å². The largest absolute Gasteiger partial charge is 0.477 e. The normalized spacial score (nSPS) is 28.0. The number of nitrogens with one attached hydrogen (secondary N) is 1. The number of hydrogen-bond acceptors (Lipinski definition) is 5. The predicted octanol–water partition coefficient (Wildman–Crippen LogP) is 3.47.